The lowest BCUT2D eigenvalue weighted by atomic mass is 10.0. The van der Waals surface area contributed by atoms with Crippen LogP contribution < -0.4 is 10.6 Å². The number of fused-ring (bicyclic) bond motifs is 1. The number of nitrogens with one attached hydrogen (secondary N) is 2. The summed E-state index contributed by atoms with van der Waals surface area (Å²) in [5.41, 5.74) is -0.624. The van der Waals surface area contributed by atoms with Crippen molar-refractivity contribution in [1.29, 1.82) is 0 Å². The molecule has 1 amide bonds. The molecule has 0 aromatic carbocycles. The molecule has 1 fully saturated rings. The third-order valence-corrected chi connectivity index (χ3v) is 6.64. The summed E-state index contributed by atoms with van der Waals surface area (Å²) in [5, 5.41) is 10.8. The number of ether oxygens (including phenoxy) is 1. The third kappa shape index (κ3) is 3.53. The molecule has 0 spiro atoms. The van der Waals surface area contributed by atoms with Gasteiger partial charge in [-0.05, 0) is 15.9 Å². The quantitative estimate of drug-likeness (QED) is 0.586. The van der Waals surface area contributed by atoms with E-state index in [2.05, 4.69) is 41.6 Å². The van der Waals surface area contributed by atoms with Crippen molar-refractivity contribution in [2.24, 2.45) is 7.05 Å². The molecule has 10 nitrogen and oxygen atoms in total. The lowest BCUT2D eigenvalue weighted by molar-refractivity contribution is -0.140. The van der Waals surface area contributed by atoms with E-state index >= 15 is 0 Å². The Hall–Kier alpha value is -1.79. The number of rotatable bonds is 6. The Bertz CT molecular complexity index is 946. The van der Waals surface area contributed by atoms with Crippen LogP contribution in [0.25, 0.3) is 11.0 Å². The average Bonchev–Trinajstić information content (AvgIpc) is 3.09. The first-order valence-corrected chi connectivity index (χ1v) is 10.5. The monoisotopic (exact) mass is 446 g/mol. The van der Waals surface area contributed by atoms with Gasteiger partial charge in [0.25, 0.3) is 5.91 Å². The molecule has 0 radical (unpaired) electrons. The number of sulfone groups is 1. The number of anilines is 1. The van der Waals surface area contributed by atoms with Gasteiger partial charge in [-0.15, -0.1) is 0 Å². The Morgan fingerprint density at radius 1 is 1.42 bits per heavy atom. The first kappa shape index (κ1) is 19.0. The lowest BCUT2D eigenvalue weighted by Gasteiger charge is -2.24. The van der Waals surface area contributed by atoms with Gasteiger partial charge in [0.15, 0.2) is 21.1 Å². The average molecular weight is 447 g/mol. The number of methoxy groups -OCH3 is 1. The second kappa shape index (κ2) is 7.08. The van der Waals surface area contributed by atoms with Crippen LogP contribution in [0.2, 0.25) is 0 Å². The number of amides is 1. The van der Waals surface area contributed by atoms with E-state index in [4.69, 9.17) is 4.74 Å². The van der Waals surface area contributed by atoms with Gasteiger partial charge in [-0.3, -0.25) is 4.79 Å². The Morgan fingerprint density at radius 2 is 2.19 bits per heavy atom. The molecule has 1 saturated heterocycles. The zero-order valence-corrected chi connectivity index (χ0v) is 16.7. The fourth-order valence-electron chi connectivity index (χ4n) is 2.95. The molecule has 1 unspecified atom stereocenters. The van der Waals surface area contributed by atoms with E-state index in [1.54, 1.807) is 11.7 Å². The summed E-state index contributed by atoms with van der Waals surface area (Å²) in [7, 11) is -0.105. The van der Waals surface area contributed by atoms with E-state index in [-0.39, 0.29) is 24.5 Å². The lowest BCUT2D eigenvalue weighted by Crippen LogP contribution is -2.50. The Labute approximate surface area is 158 Å². The van der Waals surface area contributed by atoms with Gasteiger partial charge in [-0.1, -0.05) is 0 Å². The first-order valence-electron chi connectivity index (χ1n) is 7.89. The molecular formula is C14H19BrN6O4S. The van der Waals surface area contributed by atoms with Gasteiger partial charge in [0.2, 0.25) is 0 Å². The van der Waals surface area contributed by atoms with Crippen molar-refractivity contribution in [1.82, 2.24) is 25.1 Å². The summed E-state index contributed by atoms with van der Waals surface area (Å²) in [6.07, 6.45) is 1.60. The topological polar surface area (TPSA) is 128 Å². The third-order valence-electron chi connectivity index (χ3n) is 4.36. The summed E-state index contributed by atoms with van der Waals surface area (Å²) < 4.78 is 30.9. The van der Waals surface area contributed by atoms with Gasteiger partial charge < -0.3 is 15.4 Å². The standard InChI is InChI=1S/C14H19BrN6O4S/c1-21-12-9(10(15)20-21)11(18-8-19-12)16-4-5-17-13(22)14(25-2)3-6-26(23,24)7-14/h8H,3-7H2,1-2H3,(H,17,22)(H,16,18,19). The zero-order valence-electron chi connectivity index (χ0n) is 14.3. The molecule has 12 heteroatoms. The van der Waals surface area contributed by atoms with Crippen LogP contribution >= 0.6 is 15.9 Å². The number of nitrogens with zero attached hydrogens (tertiary/aromatic N) is 4. The SMILES string of the molecule is COC1(C(=O)NCCNc2ncnc3c2c(Br)nn3C)CCS(=O)(=O)C1. The number of aromatic nitrogens is 4. The van der Waals surface area contributed by atoms with Crippen LogP contribution in [0.5, 0.6) is 0 Å². The van der Waals surface area contributed by atoms with Crippen LogP contribution in [-0.4, -0.2) is 71.4 Å². The highest BCUT2D eigenvalue weighted by molar-refractivity contribution is 9.10. The van der Waals surface area contributed by atoms with E-state index < -0.39 is 21.3 Å². The minimum absolute atomic E-state index is 0.0412. The molecule has 1 aliphatic heterocycles. The molecule has 2 aromatic heterocycles. The van der Waals surface area contributed by atoms with Crippen molar-refractivity contribution < 1.29 is 17.9 Å². The molecule has 26 heavy (non-hydrogen) atoms. The van der Waals surface area contributed by atoms with E-state index in [9.17, 15) is 13.2 Å². The molecule has 1 aliphatic rings. The fraction of sp³-hybridized carbons (Fsp3) is 0.571. The van der Waals surface area contributed by atoms with Crippen molar-refractivity contribution in [2.75, 3.05) is 37.0 Å². The Balaban J connectivity index is 1.60. The zero-order chi connectivity index (χ0) is 18.9. The van der Waals surface area contributed by atoms with Gasteiger partial charge in [-0.2, -0.15) is 5.10 Å². The summed E-state index contributed by atoms with van der Waals surface area (Å²) >= 11 is 3.38. The van der Waals surface area contributed by atoms with E-state index in [0.717, 1.165) is 5.39 Å². The smallest absolute Gasteiger partial charge is 0.253 e. The maximum absolute atomic E-state index is 12.4. The minimum Gasteiger partial charge on any atom is -0.368 e. The number of carbonyl (C=O) groups is 1. The van der Waals surface area contributed by atoms with Crippen molar-refractivity contribution in [3.05, 3.63) is 10.9 Å². The van der Waals surface area contributed by atoms with Gasteiger partial charge in [-0.25, -0.2) is 23.1 Å². The molecule has 2 aromatic rings. The highest BCUT2D eigenvalue weighted by Gasteiger charge is 2.48. The van der Waals surface area contributed by atoms with E-state index in [1.807, 2.05) is 0 Å². The van der Waals surface area contributed by atoms with Crippen molar-refractivity contribution in [3.63, 3.8) is 0 Å². The molecule has 0 aliphatic carbocycles. The van der Waals surface area contributed by atoms with E-state index in [1.165, 1.54) is 13.4 Å². The highest BCUT2D eigenvalue weighted by atomic mass is 79.9. The summed E-state index contributed by atoms with van der Waals surface area (Å²) in [4.78, 5) is 20.8. The molecule has 0 saturated carbocycles. The van der Waals surface area contributed by atoms with Gasteiger partial charge >= 0.3 is 0 Å². The largest absolute Gasteiger partial charge is 0.368 e. The molecule has 2 N–H and O–H groups in total. The molecule has 142 valence electrons. The van der Waals surface area contributed by atoms with Crippen LogP contribution in [0.4, 0.5) is 5.82 Å². The molecule has 3 rings (SSSR count). The van der Waals surface area contributed by atoms with Crippen LogP contribution in [0.1, 0.15) is 6.42 Å². The van der Waals surface area contributed by atoms with Crippen molar-refractivity contribution in [3.8, 4) is 0 Å². The maximum Gasteiger partial charge on any atom is 0.253 e. The second-order valence-corrected chi connectivity index (χ2v) is 8.99. The van der Waals surface area contributed by atoms with Crippen molar-refractivity contribution >= 4 is 48.5 Å². The highest BCUT2D eigenvalue weighted by Crippen LogP contribution is 2.28. The Kier molecular flexibility index (Phi) is 5.17. The number of halogens is 1. The van der Waals surface area contributed by atoms with Crippen LogP contribution in [0, 0.1) is 0 Å². The molecule has 0 bridgehead atoms. The molecule has 3 heterocycles. The summed E-state index contributed by atoms with van der Waals surface area (Å²) in [5.74, 6) is -0.154. The maximum atomic E-state index is 12.4. The number of hydrogen-bond donors (Lipinski definition) is 2. The van der Waals surface area contributed by atoms with Crippen molar-refractivity contribution in [2.45, 2.75) is 12.0 Å². The van der Waals surface area contributed by atoms with Crippen LogP contribution in [0.15, 0.2) is 10.9 Å². The minimum atomic E-state index is -3.24. The number of carbonyl (C=O) groups excluding carboxylic acids is 1. The van der Waals surface area contributed by atoms with E-state index in [0.29, 0.717) is 22.6 Å². The summed E-state index contributed by atoms with van der Waals surface area (Å²) in [6, 6.07) is 0. The van der Waals surface area contributed by atoms with Gasteiger partial charge in [0, 0.05) is 33.7 Å². The van der Waals surface area contributed by atoms with Crippen LogP contribution in [-0.2, 0) is 26.4 Å². The van der Waals surface area contributed by atoms with Crippen LogP contribution in [0.3, 0.4) is 0 Å². The predicted molar refractivity (Wildman–Crippen MR) is 98.5 cm³/mol. The van der Waals surface area contributed by atoms with Gasteiger partial charge in [0.05, 0.1) is 16.9 Å². The predicted octanol–water partition coefficient (Wildman–Crippen LogP) is -0.142. The number of hydrogen-bond acceptors (Lipinski definition) is 8. The Morgan fingerprint density at radius 3 is 2.85 bits per heavy atom. The number of aryl methyl sites for hydroxylation is 1. The first-order chi connectivity index (χ1) is 12.3. The van der Waals surface area contributed by atoms with Gasteiger partial charge in [0.1, 0.15) is 16.7 Å². The molecular weight excluding hydrogens is 428 g/mol. The second-order valence-electron chi connectivity index (χ2n) is 6.06. The molecule has 1 atom stereocenters. The fourth-order valence-corrected chi connectivity index (χ4v) is 5.44. The normalized spacial score (nSPS) is 21.8. The summed E-state index contributed by atoms with van der Waals surface area (Å²) in [6.45, 7) is 0.680.